The Balaban J connectivity index is 2.06. The third-order valence-corrected chi connectivity index (χ3v) is 4.12. The second-order valence-electron chi connectivity index (χ2n) is 5.27. The molecule has 0 fully saturated rings. The highest BCUT2D eigenvalue weighted by atomic mass is 32.1. The van der Waals surface area contributed by atoms with Crippen molar-refractivity contribution in [2.75, 3.05) is 6.54 Å². The first-order chi connectivity index (χ1) is 8.52. The molecule has 0 atom stereocenters. The standard InChI is InChI=1S/C13H19N3OS/c1-4-13(2,3)8-14-7-10-15-9-5-6-18-11(9)12(17)16-10/h5-6,14H,4,7-8H2,1-3H3,(H,15,16,17). The normalized spacial score (nSPS) is 12.2. The highest BCUT2D eigenvalue weighted by Crippen LogP contribution is 2.18. The number of thiophene rings is 1. The van der Waals surface area contributed by atoms with E-state index in [-0.39, 0.29) is 11.0 Å². The van der Waals surface area contributed by atoms with Gasteiger partial charge in [0.1, 0.15) is 10.5 Å². The lowest BCUT2D eigenvalue weighted by Crippen LogP contribution is -2.29. The molecular weight excluding hydrogens is 246 g/mol. The summed E-state index contributed by atoms with van der Waals surface area (Å²) >= 11 is 1.43. The van der Waals surface area contributed by atoms with E-state index in [2.05, 4.69) is 36.1 Å². The fraction of sp³-hybridized carbons (Fsp3) is 0.538. The highest BCUT2D eigenvalue weighted by molar-refractivity contribution is 7.17. The van der Waals surface area contributed by atoms with Gasteiger partial charge in [0.15, 0.2) is 0 Å². The molecule has 0 spiro atoms. The van der Waals surface area contributed by atoms with Crippen LogP contribution in [0.4, 0.5) is 0 Å². The summed E-state index contributed by atoms with van der Waals surface area (Å²) in [6, 6.07) is 1.88. The fourth-order valence-corrected chi connectivity index (χ4v) is 2.38. The van der Waals surface area contributed by atoms with Crippen LogP contribution in [0.25, 0.3) is 10.2 Å². The van der Waals surface area contributed by atoms with Crippen LogP contribution in [-0.4, -0.2) is 16.5 Å². The second kappa shape index (κ2) is 5.20. The fourth-order valence-electron chi connectivity index (χ4n) is 1.65. The minimum atomic E-state index is -0.0402. The average molecular weight is 265 g/mol. The minimum Gasteiger partial charge on any atom is -0.309 e. The van der Waals surface area contributed by atoms with Crippen LogP contribution in [0.1, 0.15) is 33.0 Å². The SMILES string of the molecule is CCC(C)(C)CNCc1nc2ccsc2c(=O)[nH]1. The Morgan fingerprint density at radius 3 is 3.00 bits per heavy atom. The number of aromatic amines is 1. The zero-order valence-corrected chi connectivity index (χ0v) is 11.9. The van der Waals surface area contributed by atoms with Crippen molar-refractivity contribution in [1.82, 2.24) is 15.3 Å². The molecule has 18 heavy (non-hydrogen) atoms. The van der Waals surface area contributed by atoms with Crippen LogP contribution in [0, 0.1) is 5.41 Å². The Kier molecular flexibility index (Phi) is 3.82. The molecule has 4 nitrogen and oxygen atoms in total. The molecule has 5 heteroatoms. The van der Waals surface area contributed by atoms with Crippen LogP contribution in [-0.2, 0) is 6.54 Å². The highest BCUT2D eigenvalue weighted by Gasteiger charge is 2.14. The summed E-state index contributed by atoms with van der Waals surface area (Å²) in [5.41, 5.74) is 1.02. The Hall–Kier alpha value is -1.20. The summed E-state index contributed by atoms with van der Waals surface area (Å²) in [7, 11) is 0. The number of nitrogens with one attached hydrogen (secondary N) is 2. The molecule has 0 radical (unpaired) electrons. The first kappa shape index (κ1) is 13.2. The predicted octanol–water partition coefficient (Wildman–Crippen LogP) is 2.51. The lowest BCUT2D eigenvalue weighted by atomic mass is 9.90. The van der Waals surface area contributed by atoms with Gasteiger partial charge in [-0.05, 0) is 23.3 Å². The van der Waals surface area contributed by atoms with Gasteiger partial charge in [-0.2, -0.15) is 0 Å². The van der Waals surface area contributed by atoms with Crippen molar-refractivity contribution >= 4 is 21.6 Å². The van der Waals surface area contributed by atoms with Gasteiger partial charge in [-0.15, -0.1) is 11.3 Å². The van der Waals surface area contributed by atoms with E-state index in [1.54, 1.807) is 0 Å². The monoisotopic (exact) mass is 265 g/mol. The van der Waals surface area contributed by atoms with Crippen molar-refractivity contribution in [1.29, 1.82) is 0 Å². The van der Waals surface area contributed by atoms with Crippen molar-refractivity contribution in [3.8, 4) is 0 Å². The molecule has 98 valence electrons. The minimum absolute atomic E-state index is 0.0402. The molecule has 2 aromatic heterocycles. The van der Waals surface area contributed by atoms with Gasteiger partial charge in [0.05, 0.1) is 12.1 Å². The maximum Gasteiger partial charge on any atom is 0.268 e. The molecule has 0 aliphatic carbocycles. The van der Waals surface area contributed by atoms with Crippen LogP contribution in [0.5, 0.6) is 0 Å². The zero-order valence-electron chi connectivity index (χ0n) is 11.0. The number of fused-ring (bicyclic) bond motifs is 1. The van der Waals surface area contributed by atoms with E-state index in [1.807, 2.05) is 11.4 Å². The second-order valence-corrected chi connectivity index (χ2v) is 6.19. The predicted molar refractivity (Wildman–Crippen MR) is 76.0 cm³/mol. The zero-order chi connectivity index (χ0) is 13.2. The Morgan fingerprint density at radius 2 is 2.28 bits per heavy atom. The average Bonchev–Trinajstić information content (AvgIpc) is 2.77. The summed E-state index contributed by atoms with van der Waals surface area (Å²) in [6.45, 7) is 8.13. The van der Waals surface area contributed by atoms with Gasteiger partial charge < -0.3 is 10.3 Å². The molecule has 0 bridgehead atoms. The summed E-state index contributed by atoms with van der Waals surface area (Å²) in [4.78, 5) is 19.0. The van der Waals surface area contributed by atoms with Crippen molar-refractivity contribution < 1.29 is 0 Å². The van der Waals surface area contributed by atoms with Crippen molar-refractivity contribution in [2.45, 2.75) is 33.7 Å². The maximum absolute atomic E-state index is 11.8. The number of rotatable bonds is 5. The van der Waals surface area contributed by atoms with Gasteiger partial charge >= 0.3 is 0 Å². The molecule has 0 aromatic carbocycles. The van der Waals surface area contributed by atoms with Gasteiger partial charge in [0.25, 0.3) is 5.56 Å². The van der Waals surface area contributed by atoms with Gasteiger partial charge in [-0.1, -0.05) is 20.8 Å². The topological polar surface area (TPSA) is 57.8 Å². The molecule has 0 unspecified atom stereocenters. The maximum atomic E-state index is 11.8. The smallest absolute Gasteiger partial charge is 0.268 e. The van der Waals surface area contributed by atoms with Crippen LogP contribution in [0.2, 0.25) is 0 Å². The first-order valence-electron chi connectivity index (χ1n) is 6.19. The van der Waals surface area contributed by atoms with Crippen LogP contribution < -0.4 is 10.9 Å². The van der Waals surface area contributed by atoms with Crippen molar-refractivity contribution in [2.24, 2.45) is 5.41 Å². The van der Waals surface area contributed by atoms with E-state index in [9.17, 15) is 4.79 Å². The van der Waals surface area contributed by atoms with Gasteiger partial charge in [-0.25, -0.2) is 4.98 Å². The van der Waals surface area contributed by atoms with E-state index in [0.717, 1.165) is 18.5 Å². The van der Waals surface area contributed by atoms with E-state index >= 15 is 0 Å². The van der Waals surface area contributed by atoms with Crippen LogP contribution in [0.3, 0.4) is 0 Å². The summed E-state index contributed by atoms with van der Waals surface area (Å²) in [5, 5.41) is 5.24. The van der Waals surface area contributed by atoms with Gasteiger partial charge in [0, 0.05) is 6.54 Å². The third kappa shape index (κ3) is 2.97. The van der Waals surface area contributed by atoms with Gasteiger partial charge in [-0.3, -0.25) is 4.79 Å². The number of H-pyrrole nitrogens is 1. The molecule has 0 amide bonds. The largest absolute Gasteiger partial charge is 0.309 e. The van der Waals surface area contributed by atoms with E-state index in [1.165, 1.54) is 11.3 Å². The van der Waals surface area contributed by atoms with Gasteiger partial charge in [0.2, 0.25) is 0 Å². The quantitative estimate of drug-likeness (QED) is 0.873. The number of nitrogens with zero attached hydrogens (tertiary/aromatic N) is 1. The summed E-state index contributed by atoms with van der Waals surface area (Å²) in [5.74, 6) is 0.706. The van der Waals surface area contributed by atoms with E-state index in [4.69, 9.17) is 0 Å². The Labute approximate surface area is 110 Å². The Morgan fingerprint density at radius 1 is 1.50 bits per heavy atom. The summed E-state index contributed by atoms with van der Waals surface area (Å²) < 4.78 is 0.702. The molecular formula is C13H19N3OS. The molecule has 0 aliphatic rings. The molecule has 2 heterocycles. The van der Waals surface area contributed by atoms with E-state index < -0.39 is 0 Å². The number of aromatic nitrogens is 2. The van der Waals surface area contributed by atoms with Crippen LogP contribution >= 0.6 is 11.3 Å². The molecule has 2 rings (SSSR count). The molecule has 2 aromatic rings. The first-order valence-corrected chi connectivity index (χ1v) is 7.07. The van der Waals surface area contributed by atoms with Crippen molar-refractivity contribution in [3.63, 3.8) is 0 Å². The summed E-state index contributed by atoms with van der Waals surface area (Å²) in [6.07, 6.45) is 1.12. The molecule has 2 N–H and O–H groups in total. The lowest BCUT2D eigenvalue weighted by molar-refractivity contribution is 0.326. The van der Waals surface area contributed by atoms with Crippen molar-refractivity contribution in [3.05, 3.63) is 27.6 Å². The lowest BCUT2D eigenvalue weighted by Gasteiger charge is -2.22. The Bertz CT molecular complexity index is 585. The molecule has 0 saturated heterocycles. The number of hydrogen-bond donors (Lipinski definition) is 2. The molecule has 0 saturated carbocycles. The third-order valence-electron chi connectivity index (χ3n) is 3.22. The number of hydrogen-bond acceptors (Lipinski definition) is 4. The van der Waals surface area contributed by atoms with E-state index in [0.29, 0.717) is 17.1 Å². The van der Waals surface area contributed by atoms with Crippen LogP contribution in [0.15, 0.2) is 16.2 Å². The molecule has 0 aliphatic heterocycles.